The van der Waals surface area contributed by atoms with Crippen molar-refractivity contribution in [1.29, 1.82) is 0 Å². The third-order valence-corrected chi connectivity index (χ3v) is 4.43. The molecule has 0 saturated carbocycles. The summed E-state index contributed by atoms with van der Waals surface area (Å²) in [4.78, 5) is 0. The van der Waals surface area contributed by atoms with Crippen LogP contribution in [-0.4, -0.2) is 19.2 Å². The number of fused-ring (bicyclic) bond motifs is 1. The molecule has 0 radical (unpaired) electrons. The third kappa shape index (κ3) is 3.76. The Morgan fingerprint density at radius 2 is 1.90 bits per heavy atom. The molecule has 1 aromatic rings. The summed E-state index contributed by atoms with van der Waals surface area (Å²) in [6, 6.07) is 7.15. The van der Waals surface area contributed by atoms with Gasteiger partial charge in [-0.3, -0.25) is 0 Å². The van der Waals surface area contributed by atoms with Crippen LogP contribution in [0.2, 0.25) is 0 Å². The lowest BCUT2D eigenvalue weighted by molar-refractivity contribution is 0.146. The SMILES string of the molecule is CCCC(NC)C(CC)Oc1ccc2c(c1)CCCC2. The molecule has 1 N–H and O–H groups in total. The molecule has 0 amide bonds. The maximum atomic E-state index is 6.27. The molecule has 0 bridgehead atoms. The Morgan fingerprint density at radius 1 is 1.15 bits per heavy atom. The first kappa shape index (κ1) is 15.4. The molecular formula is C18H29NO. The van der Waals surface area contributed by atoms with Gasteiger partial charge in [0.25, 0.3) is 0 Å². The molecule has 20 heavy (non-hydrogen) atoms. The first-order valence-electron chi connectivity index (χ1n) is 8.24. The van der Waals surface area contributed by atoms with E-state index in [4.69, 9.17) is 4.74 Å². The van der Waals surface area contributed by atoms with Crippen molar-refractivity contribution in [3.05, 3.63) is 29.3 Å². The van der Waals surface area contributed by atoms with Crippen LogP contribution in [-0.2, 0) is 12.8 Å². The van der Waals surface area contributed by atoms with E-state index in [0.717, 1.165) is 12.2 Å². The van der Waals surface area contributed by atoms with E-state index in [-0.39, 0.29) is 6.10 Å². The fourth-order valence-electron chi connectivity index (χ4n) is 3.24. The second-order valence-corrected chi connectivity index (χ2v) is 5.89. The monoisotopic (exact) mass is 275 g/mol. The van der Waals surface area contributed by atoms with Crippen LogP contribution in [0.5, 0.6) is 5.75 Å². The Morgan fingerprint density at radius 3 is 2.55 bits per heavy atom. The lowest BCUT2D eigenvalue weighted by Gasteiger charge is -2.27. The molecule has 0 spiro atoms. The van der Waals surface area contributed by atoms with E-state index < -0.39 is 0 Å². The van der Waals surface area contributed by atoms with Gasteiger partial charge < -0.3 is 10.1 Å². The van der Waals surface area contributed by atoms with Crippen molar-refractivity contribution in [3.8, 4) is 5.75 Å². The van der Waals surface area contributed by atoms with Crippen LogP contribution in [0.15, 0.2) is 18.2 Å². The average Bonchev–Trinajstić information content (AvgIpc) is 2.50. The van der Waals surface area contributed by atoms with Crippen molar-refractivity contribution >= 4 is 0 Å². The maximum absolute atomic E-state index is 6.27. The van der Waals surface area contributed by atoms with Gasteiger partial charge >= 0.3 is 0 Å². The molecule has 112 valence electrons. The molecule has 1 aliphatic rings. The van der Waals surface area contributed by atoms with E-state index >= 15 is 0 Å². The van der Waals surface area contributed by atoms with Crippen LogP contribution < -0.4 is 10.1 Å². The van der Waals surface area contributed by atoms with E-state index in [9.17, 15) is 0 Å². The number of ether oxygens (including phenoxy) is 1. The molecule has 2 unspecified atom stereocenters. The molecule has 2 nitrogen and oxygen atoms in total. The van der Waals surface area contributed by atoms with E-state index in [1.54, 1.807) is 0 Å². The second-order valence-electron chi connectivity index (χ2n) is 5.89. The molecular weight excluding hydrogens is 246 g/mol. The smallest absolute Gasteiger partial charge is 0.120 e. The van der Waals surface area contributed by atoms with E-state index in [1.165, 1.54) is 49.7 Å². The maximum Gasteiger partial charge on any atom is 0.120 e. The minimum Gasteiger partial charge on any atom is -0.489 e. The van der Waals surface area contributed by atoms with Crippen LogP contribution >= 0.6 is 0 Å². The van der Waals surface area contributed by atoms with E-state index in [2.05, 4.69) is 37.4 Å². The zero-order valence-corrected chi connectivity index (χ0v) is 13.2. The van der Waals surface area contributed by atoms with Gasteiger partial charge in [0.2, 0.25) is 0 Å². The van der Waals surface area contributed by atoms with Crippen molar-refractivity contribution in [3.63, 3.8) is 0 Å². The Hall–Kier alpha value is -1.02. The minimum atomic E-state index is 0.265. The predicted molar refractivity (Wildman–Crippen MR) is 85.5 cm³/mol. The summed E-state index contributed by atoms with van der Waals surface area (Å²) in [5.41, 5.74) is 3.02. The number of nitrogens with one attached hydrogen (secondary N) is 1. The van der Waals surface area contributed by atoms with Gasteiger partial charge in [-0.05, 0) is 68.8 Å². The highest BCUT2D eigenvalue weighted by Gasteiger charge is 2.20. The Labute approximate surface area is 123 Å². The fourth-order valence-corrected chi connectivity index (χ4v) is 3.24. The lowest BCUT2D eigenvalue weighted by Crippen LogP contribution is -2.40. The Bertz CT molecular complexity index is 416. The molecule has 1 aliphatic carbocycles. The summed E-state index contributed by atoms with van der Waals surface area (Å²) in [5.74, 6) is 1.05. The van der Waals surface area contributed by atoms with Crippen molar-refractivity contribution in [2.75, 3.05) is 7.05 Å². The summed E-state index contributed by atoms with van der Waals surface area (Å²) >= 11 is 0. The van der Waals surface area contributed by atoms with Gasteiger partial charge in [0, 0.05) is 6.04 Å². The van der Waals surface area contributed by atoms with Crippen molar-refractivity contribution in [2.24, 2.45) is 0 Å². The highest BCUT2D eigenvalue weighted by atomic mass is 16.5. The number of hydrogen-bond donors (Lipinski definition) is 1. The number of benzene rings is 1. The van der Waals surface area contributed by atoms with Gasteiger partial charge in [-0.25, -0.2) is 0 Å². The van der Waals surface area contributed by atoms with Crippen LogP contribution in [0.1, 0.15) is 57.1 Å². The van der Waals surface area contributed by atoms with Crippen LogP contribution in [0, 0.1) is 0 Å². The van der Waals surface area contributed by atoms with E-state index in [0.29, 0.717) is 6.04 Å². The second kappa shape index (κ2) is 7.68. The van der Waals surface area contributed by atoms with Crippen molar-refractivity contribution in [1.82, 2.24) is 5.32 Å². The standard InChI is InChI=1S/C18H29NO/c1-4-8-17(19-3)18(5-2)20-16-12-11-14-9-6-7-10-15(14)13-16/h11-13,17-19H,4-10H2,1-3H3. The topological polar surface area (TPSA) is 21.3 Å². The Kier molecular flexibility index (Phi) is 5.90. The van der Waals surface area contributed by atoms with Crippen LogP contribution in [0.25, 0.3) is 0 Å². The van der Waals surface area contributed by atoms with Gasteiger partial charge in [0.15, 0.2) is 0 Å². The summed E-state index contributed by atoms with van der Waals surface area (Å²) in [7, 11) is 2.04. The quantitative estimate of drug-likeness (QED) is 0.808. The zero-order valence-electron chi connectivity index (χ0n) is 13.2. The number of likely N-dealkylation sites (N-methyl/N-ethyl adjacent to an activating group) is 1. The number of rotatable bonds is 7. The van der Waals surface area contributed by atoms with Crippen molar-refractivity contribution < 1.29 is 4.74 Å². The minimum absolute atomic E-state index is 0.265. The lowest BCUT2D eigenvalue weighted by atomic mass is 9.92. The van der Waals surface area contributed by atoms with Gasteiger partial charge in [-0.2, -0.15) is 0 Å². The molecule has 2 heteroatoms. The van der Waals surface area contributed by atoms with E-state index in [1.807, 2.05) is 7.05 Å². The first-order chi connectivity index (χ1) is 9.78. The molecule has 0 fully saturated rings. The van der Waals surface area contributed by atoms with Gasteiger partial charge in [-0.15, -0.1) is 0 Å². The number of aryl methyl sites for hydroxylation is 2. The first-order valence-corrected chi connectivity index (χ1v) is 8.24. The average molecular weight is 275 g/mol. The molecule has 0 aromatic heterocycles. The normalized spacial score (nSPS) is 17.4. The molecule has 0 saturated heterocycles. The zero-order chi connectivity index (χ0) is 14.4. The molecule has 0 heterocycles. The summed E-state index contributed by atoms with van der Waals surface area (Å²) in [6.45, 7) is 4.44. The summed E-state index contributed by atoms with van der Waals surface area (Å²) in [5, 5.41) is 3.41. The summed E-state index contributed by atoms with van der Waals surface area (Å²) < 4.78 is 6.27. The van der Waals surface area contributed by atoms with Gasteiger partial charge in [0.05, 0.1) is 0 Å². The molecule has 2 rings (SSSR count). The van der Waals surface area contributed by atoms with Crippen LogP contribution in [0.4, 0.5) is 0 Å². The van der Waals surface area contributed by atoms with Crippen molar-refractivity contribution in [2.45, 2.75) is 70.9 Å². The highest BCUT2D eigenvalue weighted by Crippen LogP contribution is 2.26. The van der Waals surface area contributed by atoms with Gasteiger partial charge in [-0.1, -0.05) is 26.3 Å². The number of hydrogen-bond acceptors (Lipinski definition) is 2. The van der Waals surface area contributed by atoms with Crippen LogP contribution in [0.3, 0.4) is 0 Å². The molecule has 2 atom stereocenters. The fraction of sp³-hybridized carbons (Fsp3) is 0.667. The summed E-state index contributed by atoms with van der Waals surface area (Å²) in [6.07, 6.45) is 8.78. The Balaban J connectivity index is 2.06. The third-order valence-electron chi connectivity index (χ3n) is 4.43. The van der Waals surface area contributed by atoms with Gasteiger partial charge in [0.1, 0.15) is 11.9 Å². The highest BCUT2D eigenvalue weighted by molar-refractivity contribution is 5.37. The largest absolute Gasteiger partial charge is 0.489 e. The molecule has 0 aliphatic heterocycles. The predicted octanol–water partition coefficient (Wildman–Crippen LogP) is 4.11. The molecule has 1 aromatic carbocycles.